The summed E-state index contributed by atoms with van der Waals surface area (Å²) in [5, 5.41) is 0. The SMILES string of the molecule is CN(c1ccc[nH]1)c1ccc[nH]1. The van der Waals surface area contributed by atoms with Crippen molar-refractivity contribution in [3.63, 3.8) is 0 Å². The first-order chi connectivity index (χ1) is 5.88. The zero-order chi connectivity index (χ0) is 8.39. The molecule has 0 saturated carbocycles. The highest BCUT2D eigenvalue weighted by Gasteiger charge is 2.02. The van der Waals surface area contributed by atoms with Gasteiger partial charge in [0.1, 0.15) is 11.6 Å². The fourth-order valence-corrected chi connectivity index (χ4v) is 1.19. The summed E-state index contributed by atoms with van der Waals surface area (Å²) in [5.74, 6) is 2.16. The molecule has 0 spiro atoms. The molecule has 2 heterocycles. The van der Waals surface area contributed by atoms with Crippen LogP contribution in [0, 0.1) is 0 Å². The smallest absolute Gasteiger partial charge is 0.111 e. The fourth-order valence-electron chi connectivity index (χ4n) is 1.19. The lowest BCUT2D eigenvalue weighted by atomic mass is 10.5. The molecule has 0 atom stereocenters. The molecule has 0 unspecified atom stereocenters. The van der Waals surface area contributed by atoms with Crippen LogP contribution in [0.2, 0.25) is 0 Å². The van der Waals surface area contributed by atoms with Gasteiger partial charge in [0, 0.05) is 19.4 Å². The Kier molecular flexibility index (Phi) is 1.63. The van der Waals surface area contributed by atoms with Crippen LogP contribution in [0.15, 0.2) is 36.7 Å². The lowest BCUT2D eigenvalue weighted by Gasteiger charge is -2.14. The van der Waals surface area contributed by atoms with E-state index in [2.05, 4.69) is 14.9 Å². The van der Waals surface area contributed by atoms with Gasteiger partial charge in [0.15, 0.2) is 0 Å². The molecule has 0 aliphatic carbocycles. The molecule has 0 aliphatic rings. The zero-order valence-electron chi connectivity index (χ0n) is 6.91. The maximum Gasteiger partial charge on any atom is 0.111 e. The van der Waals surface area contributed by atoms with Gasteiger partial charge < -0.3 is 14.9 Å². The number of rotatable bonds is 2. The highest BCUT2D eigenvalue weighted by atomic mass is 15.2. The summed E-state index contributed by atoms with van der Waals surface area (Å²) in [4.78, 5) is 8.32. The molecule has 3 nitrogen and oxygen atoms in total. The van der Waals surface area contributed by atoms with E-state index in [9.17, 15) is 0 Å². The van der Waals surface area contributed by atoms with Crippen molar-refractivity contribution in [3.8, 4) is 0 Å². The first-order valence-electron chi connectivity index (χ1n) is 3.88. The van der Waals surface area contributed by atoms with Gasteiger partial charge in [0.2, 0.25) is 0 Å². The monoisotopic (exact) mass is 161 g/mol. The molecule has 0 bridgehead atoms. The van der Waals surface area contributed by atoms with Crippen molar-refractivity contribution in [1.29, 1.82) is 0 Å². The van der Waals surface area contributed by atoms with Crippen LogP contribution in [0.25, 0.3) is 0 Å². The largest absolute Gasteiger partial charge is 0.348 e. The van der Waals surface area contributed by atoms with Gasteiger partial charge in [0.05, 0.1) is 0 Å². The topological polar surface area (TPSA) is 34.8 Å². The quantitative estimate of drug-likeness (QED) is 0.695. The van der Waals surface area contributed by atoms with Crippen LogP contribution >= 0.6 is 0 Å². The number of H-pyrrole nitrogens is 2. The van der Waals surface area contributed by atoms with E-state index in [-0.39, 0.29) is 0 Å². The summed E-state index contributed by atoms with van der Waals surface area (Å²) >= 11 is 0. The lowest BCUT2D eigenvalue weighted by molar-refractivity contribution is 1.11. The van der Waals surface area contributed by atoms with Crippen LogP contribution < -0.4 is 4.90 Å². The molecule has 12 heavy (non-hydrogen) atoms. The van der Waals surface area contributed by atoms with Crippen molar-refractivity contribution >= 4 is 11.6 Å². The van der Waals surface area contributed by atoms with Crippen molar-refractivity contribution in [2.75, 3.05) is 11.9 Å². The van der Waals surface area contributed by atoms with E-state index >= 15 is 0 Å². The van der Waals surface area contributed by atoms with E-state index in [4.69, 9.17) is 0 Å². The first kappa shape index (κ1) is 7.03. The highest BCUT2D eigenvalue weighted by molar-refractivity contribution is 5.54. The summed E-state index contributed by atoms with van der Waals surface area (Å²) in [6.45, 7) is 0. The normalized spacial score (nSPS) is 10.1. The minimum absolute atomic E-state index is 1.08. The molecule has 0 radical (unpaired) electrons. The predicted molar refractivity (Wildman–Crippen MR) is 49.6 cm³/mol. The summed E-state index contributed by atoms with van der Waals surface area (Å²) in [6.07, 6.45) is 3.82. The average Bonchev–Trinajstić information content (AvgIpc) is 2.77. The van der Waals surface area contributed by atoms with Gasteiger partial charge in [-0.15, -0.1) is 0 Å². The molecule has 2 aromatic rings. The molecule has 2 N–H and O–H groups in total. The molecule has 0 fully saturated rings. The number of anilines is 2. The molecule has 0 aliphatic heterocycles. The van der Waals surface area contributed by atoms with E-state index < -0.39 is 0 Å². The number of hydrogen-bond donors (Lipinski definition) is 2. The summed E-state index contributed by atoms with van der Waals surface area (Å²) in [5.41, 5.74) is 0. The molecule has 62 valence electrons. The molecular weight excluding hydrogens is 150 g/mol. The summed E-state index contributed by atoms with van der Waals surface area (Å²) in [7, 11) is 2.01. The van der Waals surface area contributed by atoms with Crippen molar-refractivity contribution in [2.45, 2.75) is 0 Å². The van der Waals surface area contributed by atoms with Crippen LogP contribution in [-0.4, -0.2) is 17.0 Å². The van der Waals surface area contributed by atoms with Crippen LogP contribution in [-0.2, 0) is 0 Å². The van der Waals surface area contributed by atoms with E-state index in [1.807, 2.05) is 43.7 Å². The van der Waals surface area contributed by atoms with Crippen LogP contribution in [0.1, 0.15) is 0 Å². The van der Waals surface area contributed by atoms with Gasteiger partial charge in [-0.05, 0) is 24.3 Å². The number of aromatic amines is 2. The van der Waals surface area contributed by atoms with Gasteiger partial charge in [-0.1, -0.05) is 0 Å². The van der Waals surface area contributed by atoms with Crippen molar-refractivity contribution in [3.05, 3.63) is 36.7 Å². The number of nitrogens with zero attached hydrogens (tertiary/aromatic N) is 1. The molecule has 0 aromatic carbocycles. The summed E-state index contributed by atoms with van der Waals surface area (Å²) < 4.78 is 0. The average molecular weight is 161 g/mol. The zero-order valence-corrected chi connectivity index (χ0v) is 6.91. The van der Waals surface area contributed by atoms with E-state index in [0.29, 0.717) is 0 Å². The number of hydrogen-bond acceptors (Lipinski definition) is 1. The van der Waals surface area contributed by atoms with Gasteiger partial charge in [0.25, 0.3) is 0 Å². The Morgan fingerprint density at radius 2 is 1.50 bits per heavy atom. The third-order valence-corrected chi connectivity index (χ3v) is 1.89. The van der Waals surface area contributed by atoms with E-state index in [1.54, 1.807) is 0 Å². The fraction of sp³-hybridized carbons (Fsp3) is 0.111. The maximum absolute atomic E-state index is 3.13. The number of aromatic nitrogens is 2. The van der Waals surface area contributed by atoms with Crippen molar-refractivity contribution < 1.29 is 0 Å². The van der Waals surface area contributed by atoms with Crippen LogP contribution in [0.5, 0.6) is 0 Å². The molecule has 0 amide bonds. The van der Waals surface area contributed by atoms with Crippen LogP contribution in [0.4, 0.5) is 11.6 Å². The minimum atomic E-state index is 1.08. The molecule has 2 aromatic heterocycles. The van der Waals surface area contributed by atoms with Crippen molar-refractivity contribution in [1.82, 2.24) is 9.97 Å². The van der Waals surface area contributed by atoms with E-state index in [1.165, 1.54) is 0 Å². The number of nitrogens with one attached hydrogen (secondary N) is 2. The van der Waals surface area contributed by atoms with E-state index in [0.717, 1.165) is 11.6 Å². The molecule has 2 rings (SSSR count). The second kappa shape index (κ2) is 2.77. The summed E-state index contributed by atoms with van der Waals surface area (Å²) in [6, 6.07) is 8.02. The third-order valence-electron chi connectivity index (χ3n) is 1.89. The third kappa shape index (κ3) is 1.09. The Morgan fingerprint density at radius 1 is 1.00 bits per heavy atom. The molecule has 0 saturated heterocycles. The van der Waals surface area contributed by atoms with Gasteiger partial charge >= 0.3 is 0 Å². The second-order valence-corrected chi connectivity index (χ2v) is 2.67. The Bertz CT molecular complexity index is 286. The van der Waals surface area contributed by atoms with Crippen LogP contribution in [0.3, 0.4) is 0 Å². The van der Waals surface area contributed by atoms with Gasteiger partial charge in [-0.3, -0.25) is 0 Å². The highest BCUT2D eigenvalue weighted by Crippen LogP contribution is 2.18. The Morgan fingerprint density at radius 3 is 1.83 bits per heavy atom. The molecule has 3 heteroatoms. The predicted octanol–water partition coefficient (Wildman–Crippen LogP) is 2.11. The first-order valence-corrected chi connectivity index (χ1v) is 3.88. The van der Waals surface area contributed by atoms with Crippen molar-refractivity contribution in [2.24, 2.45) is 0 Å². The standard InChI is InChI=1S/C9H11N3/c1-12(8-4-2-6-10-8)9-5-3-7-11-9/h2-7,10-11H,1H3. The Balaban J connectivity index is 2.27. The van der Waals surface area contributed by atoms with Gasteiger partial charge in [-0.2, -0.15) is 0 Å². The maximum atomic E-state index is 3.13. The minimum Gasteiger partial charge on any atom is -0.348 e. The molecular formula is C9H11N3. The Labute approximate surface area is 71.0 Å². The van der Waals surface area contributed by atoms with Gasteiger partial charge in [-0.25, -0.2) is 0 Å². The Hall–Kier alpha value is -1.64. The second-order valence-electron chi connectivity index (χ2n) is 2.67. The lowest BCUT2D eigenvalue weighted by Crippen LogP contribution is -2.09.